The molecular weight excluding hydrogens is 262 g/mol. The molecule has 0 spiro atoms. The van der Waals surface area contributed by atoms with E-state index in [1.807, 2.05) is 12.1 Å². The Kier molecular flexibility index (Phi) is 3.60. The summed E-state index contributed by atoms with van der Waals surface area (Å²) in [5, 5.41) is 6.16. The summed E-state index contributed by atoms with van der Waals surface area (Å²) in [5.41, 5.74) is 4.39. The average molecular weight is 281 g/mol. The molecule has 1 fully saturated rings. The number of aryl methyl sites for hydroxylation is 2. The first kappa shape index (κ1) is 13.6. The van der Waals surface area contributed by atoms with Gasteiger partial charge in [0.25, 0.3) is 0 Å². The van der Waals surface area contributed by atoms with Crippen LogP contribution in [0.5, 0.6) is 0 Å². The Bertz CT molecular complexity index is 640. The first-order valence-corrected chi connectivity index (χ1v) is 7.22. The summed E-state index contributed by atoms with van der Waals surface area (Å²) in [6, 6.07) is 10.1. The fourth-order valence-corrected chi connectivity index (χ4v) is 2.33. The van der Waals surface area contributed by atoms with Crippen molar-refractivity contribution >= 4 is 23.1 Å². The van der Waals surface area contributed by atoms with E-state index in [9.17, 15) is 4.79 Å². The normalized spacial score (nSPS) is 13.8. The number of nitrogens with zero attached hydrogens (tertiary/aromatic N) is 1. The van der Waals surface area contributed by atoms with Crippen LogP contribution in [0.25, 0.3) is 0 Å². The van der Waals surface area contributed by atoms with Crippen molar-refractivity contribution in [2.45, 2.75) is 26.7 Å². The van der Waals surface area contributed by atoms with Crippen molar-refractivity contribution in [2.75, 3.05) is 10.6 Å². The van der Waals surface area contributed by atoms with E-state index in [1.54, 1.807) is 6.20 Å². The molecule has 0 aliphatic heterocycles. The highest BCUT2D eigenvalue weighted by atomic mass is 16.2. The van der Waals surface area contributed by atoms with Crippen molar-refractivity contribution in [2.24, 2.45) is 5.92 Å². The summed E-state index contributed by atoms with van der Waals surface area (Å²) in [6.45, 7) is 4.15. The lowest BCUT2D eigenvalue weighted by Gasteiger charge is -2.09. The van der Waals surface area contributed by atoms with Gasteiger partial charge in [0.05, 0.1) is 11.9 Å². The minimum atomic E-state index is 0.0810. The number of pyridine rings is 1. The van der Waals surface area contributed by atoms with Crippen molar-refractivity contribution in [1.29, 1.82) is 0 Å². The Morgan fingerprint density at radius 1 is 1.10 bits per heavy atom. The summed E-state index contributed by atoms with van der Waals surface area (Å²) >= 11 is 0. The predicted molar refractivity (Wildman–Crippen MR) is 84.8 cm³/mol. The topological polar surface area (TPSA) is 54.0 Å². The molecule has 1 saturated carbocycles. The van der Waals surface area contributed by atoms with E-state index in [4.69, 9.17) is 0 Å². The average Bonchev–Trinajstić information content (AvgIpc) is 3.24. The summed E-state index contributed by atoms with van der Waals surface area (Å²) in [6.07, 6.45) is 3.73. The van der Waals surface area contributed by atoms with Crippen LogP contribution in [0.3, 0.4) is 0 Å². The molecule has 0 unspecified atom stereocenters. The van der Waals surface area contributed by atoms with Crippen LogP contribution < -0.4 is 10.6 Å². The van der Waals surface area contributed by atoms with Gasteiger partial charge in [-0.05, 0) is 62.1 Å². The predicted octanol–water partition coefficient (Wildman–Crippen LogP) is 3.79. The number of rotatable bonds is 4. The Hall–Kier alpha value is -2.36. The number of hydrogen-bond acceptors (Lipinski definition) is 3. The van der Waals surface area contributed by atoms with E-state index >= 15 is 0 Å². The molecule has 1 aromatic carbocycles. The Balaban J connectivity index is 1.67. The van der Waals surface area contributed by atoms with Crippen molar-refractivity contribution in [3.8, 4) is 0 Å². The summed E-state index contributed by atoms with van der Waals surface area (Å²) in [5.74, 6) is 0.885. The molecule has 0 bridgehead atoms. The van der Waals surface area contributed by atoms with Crippen LogP contribution >= 0.6 is 0 Å². The first-order valence-electron chi connectivity index (χ1n) is 7.22. The zero-order chi connectivity index (χ0) is 14.8. The zero-order valence-electron chi connectivity index (χ0n) is 12.3. The van der Waals surface area contributed by atoms with Gasteiger partial charge in [0.1, 0.15) is 5.82 Å². The second kappa shape index (κ2) is 5.56. The second-order valence-electron chi connectivity index (χ2n) is 5.70. The van der Waals surface area contributed by atoms with Crippen molar-refractivity contribution in [1.82, 2.24) is 4.98 Å². The molecule has 1 heterocycles. The molecule has 21 heavy (non-hydrogen) atoms. The van der Waals surface area contributed by atoms with Crippen molar-refractivity contribution in [3.05, 3.63) is 47.7 Å². The summed E-state index contributed by atoms with van der Waals surface area (Å²) in [4.78, 5) is 15.9. The summed E-state index contributed by atoms with van der Waals surface area (Å²) in [7, 11) is 0. The van der Waals surface area contributed by atoms with E-state index in [1.165, 1.54) is 11.1 Å². The molecule has 4 heteroatoms. The van der Waals surface area contributed by atoms with Crippen LogP contribution in [-0.2, 0) is 4.79 Å². The number of amides is 1. The van der Waals surface area contributed by atoms with Gasteiger partial charge in [-0.15, -0.1) is 0 Å². The highest BCUT2D eigenvalue weighted by Gasteiger charge is 2.29. The zero-order valence-corrected chi connectivity index (χ0v) is 12.3. The number of carbonyl (C=O) groups excluding carboxylic acids is 1. The molecule has 2 N–H and O–H groups in total. The van der Waals surface area contributed by atoms with Gasteiger partial charge in [0.2, 0.25) is 5.91 Å². The number of benzene rings is 1. The third kappa shape index (κ3) is 3.60. The van der Waals surface area contributed by atoms with Gasteiger partial charge in [0.15, 0.2) is 0 Å². The smallest absolute Gasteiger partial charge is 0.228 e. The lowest BCUT2D eigenvalue weighted by atomic mass is 10.1. The van der Waals surface area contributed by atoms with Gasteiger partial charge in [0, 0.05) is 11.6 Å². The number of hydrogen-bond donors (Lipinski definition) is 2. The second-order valence-corrected chi connectivity index (χ2v) is 5.70. The number of carbonyl (C=O) groups is 1. The van der Waals surface area contributed by atoms with Gasteiger partial charge in [-0.1, -0.05) is 6.07 Å². The van der Waals surface area contributed by atoms with E-state index in [-0.39, 0.29) is 11.8 Å². The van der Waals surface area contributed by atoms with E-state index in [0.29, 0.717) is 5.82 Å². The minimum Gasteiger partial charge on any atom is -0.354 e. The lowest BCUT2D eigenvalue weighted by Crippen LogP contribution is -2.14. The molecule has 0 atom stereocenters. The van der Waals surface area contributed by atoms with Gasteiger partial charge in [-0.3, -0.25) is 4.79 Å². The molecular formula is C17H19N3O. The maximum Gasteiger partial charge on any atom is 0.228 e. The maximum atomic E-state index is 11.7. The van der Waals surface area contributed by atoms with Crippen LogP contribution in [0.15, 0.2) is 36.5 Å². The quantitative estimate of drug-likeness (QED) is 0.896. The fourth-order valence-electron chi connectivity index (χ4n) is 2.33. The molecule has 0 saturated heterocycles. The number of nitrogens with one attached hydrogen (secondary N) is 2. The van der Waals surface area contributed by atoms with Crippen LogP contribution in [0, 0.1) is 19.8 Å². The van der Waals surface area contributed by atoms with Gasteiger partial charge < -0.3 is 10.6 Å². The van der Waals surface area contributed by atoms with Crippen LogP contribution in [-0.4, -0.2) is 10.9 Å². The number of anilines is 3. The highest BCUT2D eigenvalue weighted by Crippen LogP contribution is 2.30. The molecule has 1 aliphatic rings. The summed E-state index contributed by atoms with van der Waals surface area (Å²) < 4.78 is 0. The largest absolute Gasteiger partial charge is 0.354 e. The lowest BCUT2D eigenvalue weighted by molar-refractivity contribution is -0.117. The van der Waals surface area contributed by atoms with Crippen molar-refractivity contribution < 1.29 is 4.79 Å². The Morgan fingerprint density at radius 2 is 1.81 bits per heavy atom. The molecule has 1 aliphatic carbocycles. The van der Waals surface area contributed by atoms with Crippen LogP contribution in [0.4, 0.5) is 17.2 Å². The standard InChI is InChI=1S/C17H19N3O/c1-11-7-12(2)9-15(8-11)19-14-5-6-16(18-10-14)20-17(21)13-3-4-13/h5-10,13,19H,3-4H2,1-2H3,(H,18,20,21). The van der Waals surface area contributed by atoms with E-state index < -0.39 is 0 Å². The highest BCUT2D eigenvalue weighted by molar-refractivity contribution is 5.93. The van der Waals surface area contributed by atoms with Gasteiger partial charge in [-0.25, -0.2) is 4.98 Å². The van der Waals surface area contributed by atoms with E-state index in [2.05, 4.69) is 47.7 Å². The third-order valence-corrected chi connectivity index (χ3v) is 3.47. The monoisotopic (exact) mass is 281 g/mol. The first-order chi connectivity index (χ1) is 10.1. The minimum absolute atomic E-state index is 0.0810. The van der Waals surface area contributed by atoms with E-state index in [0.717, 1.165) is 24.2 Å². The van der Waals surface area contributed by atoms with Gasteiger partial charge >= 0.3 is 0 Å². The van der Waals surface area contributed by atoms with Crippen LogP contribution in [0.1, 0.15) is 24.0 Å². The Morgan fingerprint density at radius 3 is 2.38 bits per heavy atom. The fraction of sp³-hybridized carbons (Fsp3) is 0.294. The molecule has 0 radical (unpaired) electrons. The third-order valence-electron chi connectivity index (χ3n) is 3.47. The molecule has 4 nitrogen and oxygen atoms in total. The van der Waals surface area contributed by atoms with Crippen LogP contribution in [0.2, 0.25) is 0 Å². The van der Waals surface area contributed by atoms with Crippen molar-refractivity contribution in [3.63, 3.8) is 0 Å². The maximum absolute atomic E-state index is 11.7. The molecule has 1 aromatic heterocycles. The molecule has 3 rings (SSSR count). The van der Waals surface area contributed by atoms with Gasteiger partial charge in [-0.2, -0.15) is 0 Å². The number of aromatic nitrogens is 1. The SMILES string of the molecule is Cc1cc(C)cc(Nc2ccc(NC(=O)C3CC3)nc2)c1. The molecule has 108 valence electrons. The molecule has 1 amide bonds. The Labute approximate surface area is 124 Å². The molecule has 2 aromatic rings.